The molecule has 1 saturated carbocycles. The van der Waals surface area contributed by atoms with Crippen molar-refractivity contribution in [3.05, 3.63) is 34.4 Å². The van der Waals surface area contributed by atoms with Gasteiger partial charge in [0.1, 0.15) is 5.54 Å². The minimum Gasteiger partial charge on any atom is -0.464 e. The third-order valence-electron chi connectivity index (χ3n) is 5.52. The standard InChI is InChI=1S/C21H28F3NO3/c1-5-28-19(27)20(8-6-16(7-9-20)21(22,23)24)25-18(26)12-17-14(3)10-13(2)11-15(17)4/h10-11,16H,5-9,12H2,1-4H3,(H,25,26). The highest BCUT2D eigenvalue weighted by Crippen LogP contribution is 2.41. The first-order valence-electron chi connectivity index (χ1n) is 9.60. The molecule has 4 nitrogen and oxygen atoms in total. The zero-order chi connectivity index (χ0) is 21.1. The summed E-state index contributed by atoms with van der Waals surface area (Å²) in [5.74, 6) is -2.48. The molecule has 0 atom stereocenters. The summed E-state index contributed by atoms with van der Waals surface area (Å²) in [7, 11) is 0. The maximum absolute atomic E-state index is 13.0. The molecule has 1 aliphatic carbocycles. The number of benzene rings is 1. The van der Waals surface area contributed by atoms with Gasteiger partial charge in [-0.15, -0.1) is 0 Å². The largest absolute Gasteiger partial charge is 0.464 e. The molecule has 0 spiro atoms. The Hall–Kier alpha value is -2.05. The number of nitrogens with one attached hydrogen (secondary N) is 1. The SMILES string of the molecule is CCOC(=O)C1(NC(=O)Cc2c(C)cc(C)cc2C)CCC(C(F)(F)F)CC1. The van der Waals surface area contributed by atoms with Crippen LogP contribution in [-0.4, -0.2) is 30.2 Å². The van der Waals surface area contributed by atoms with Gasteiger partial charge in [-0.1, -0.05) is 17.7 Å². The first-order valence-corrected chi connectivity index (χ1v) is 9.60. The molecule has 28 heavy (non-hydrogen) atoms. The van der Waals surface area contributed by atoms with E-state index in [9.17, 15) is 22.8 Å². The molecule has 1 N–H and O–H groups in total. The van der Waals surface area contributed by atoms with Crippen LogP contribution in [0.4, 0.5) is 13.2 Å². The van der Waals surface area contributed by atoms with Crippen LogP contribution < -0.4 is 5.32 Å². The number of rotatable bonds is 5. The third-order valence-corrected chi connectivity index (χ3v) is 5.52. The van der Waals surface area contributed by atoms with Crippen LogP contribution in [-0.2, 0) is 20.7 Å². The molecule has 1 fully saturated rings. The fraction of sp³-hybridized carbons (Fsp3) is 0.619. The van der Waals surface area contributed by atoms with Gasteiger partial charge < -0.3 is 10.1 Å². The second-order valence-electron chi connectivity index (χ2n) is 7.72. The van der Waals surface area contributed by atoms with Crippen molar-refractivity contribution in [2.75, 3.05) is 6.61 Å². The number of amides is 1. The molecule has 0 radical (unpaired) electrons. The van der Waals surface area contributed by atoms with Gasteiger partial charge in [0.25, 0.3) is 0 Å². The Morgan fingerprint density at radius 3 is 2.14 bits per heavy atom. The van der Waals surface area contributed by atoms with E-state index in [4.69, 9.17) is 4.74 Å². The van der Waals surface area contributed by atoms with Gasteiger partial charge in [0.2, 0.25) is 5.91 Å². The number of esters is 1. The number of hydrogen-bond acceptors (Lipinski definition) is 3. The lowest BCUT2D eigenvalue weighted by Crippen LogP contribution is -2.58. The Bertz CT molecular complexity index is 712. The number of alkyl halides is 3. The molecule has 2 rings (SSSR count). The average molecular weight is 399 g/mol. The summed E-state index contributed by atoms with van der Waals surface area (Å²) in [5, 5.41) is 2.73. The molecular weight excluding hydrogens is 371 g/mol. The minimum atomic E-state index is -4.29. The maximum atomic E-state index is 13.0. The van der Waals surface area contributed by atoms with Crippen molar-refractivity contribution in [3.8, 4) is 0 Å². The van der Waals surface area contributed by atoms with Crippen LogP contribution in [0.2, 0.25) is 0 Å². The number of carbonyl (C=O) groups excluding carboxylic acids is 2. The van der Waals surface area contributed by atoms with E-state index in [0.29, 0.717) is 0 Å². The topological polar surface area (TPSA) is 55.4 Å². The summed E-state index contributed by atoms with van der Waals surface area (Å²) in [4.78, 5) is 25.2. The quantitative estimate of drug-likeness (QED) is 0.750. The summed E-state index contributed by atoms with van der Waals surface area (Å²) in [6.07, 6.45) is -4.78. The van der Waals surface area contributed by atoms with E-state index < -0.39 is 23.6 Å². The van der Waals surface area contributed by atoms with Gasteiger partial charge in [-0.3, -0.25) is 4.79 Å². The van der Waals surface area contributed by atoms with Crippen molar-refractivity contribution < 1.29 is 27.5 Å². The van der Waals surface area contributed by atoms with E-state index in [1.807, 2.05) is 32.9 Å². The first-order chi connectivity index (χ1) is 13.0. The number of aryl methyl sites for hydroxylation is 3. The predicted octanol–water partition coefficient (Wildman–Crippen LogP) is 4.32. The highest BCUT2D eigenvalue weighted by atomic mass is 19.4. The number of carbonyl (C=O) groups is 2. The molecule has 7 heteroatoms. The van der Waals surface area contributed by atoms with E-state index in [1.54, 1.807) is 6.92 Å². The van der Waals surface area contributed by atoms with Crippen molar-refractivity contribution in [2.45, 2.75) is 71.5 Å². The molecular formula is C21H28F3NO3. The highest BCUT2D eigenvalue weighted by Gasteiger charge is 2.50. The Kier molecular flexibility index (Phi) is 6.78. The lowest BCUT2D eigenvalue weighted by Gasteiger charge is -2.39. The molecule has 1 aromatic carbocycles. The van der Waals surface area contributed by atoms with Crippen molar-refractivity contribution in [1.82, 2.24) is 5.32 Å². The summed E-state index contributed by atoms with van der Waals surface area (Å²) >= 11 is 0. The molecule has 0 aromatic heterocycles. The smallest absolute Gasteiger partial charge is 0.391 e. The fourth-order valence-corrected chi connectivity index (χ4v) is 4.05. The molecule has 1 aromatic rings. The van der Waals surface area contributed by atoms with Crippen LogP contribution in [0.5, 0.6) is 0 Å². The van der Waals surface area contributed by atoms with E-state index >= 15 is 0 Å². The van der Waals surface area contributed by atoms with Gasteiger partial charge in [-0.2, -0.15) is 13.2 Å². The molecule has 0 bridgehead atoms. The van der Waals surface area contributed by atoms with Crippen molar-refractivity contribution >= 4 is 11.9 Å². The van der Waals surface area contributed by atoms with Gasteiger partial charge in [-0.25, -0.2) is 4.79 Å². The van der Waals surface area contributed by atoms with Crippen LogP contribution in [0.3, 0.4) is 0 Å². The zero-order valence-electron chi connectivity index (χ0n) is 16.8. The average Bonchev–Trinajstić information content (AvgIpc) is 2.58. The lowest BCUT2D eigenvalue weighted by atomic mass is 9.76. The molecule has 1 aliphatic rings. The Morgan fingerprint density at radius 1 is 1.14 bits per heavy atom. The van der Waals surface area contributed by atoms with Crippen LogP contribution >= 0.6 is 0 Å². The summed E-state index contributed by atoms with van der Waals surface area (Å²) in [6.45, 7) is 7.54. The first kappa shape index (κ1) is 22.2. The number of hydrogen-bond donors (Lipinski definition) is 1. The third kappa shape index (κ3) is 5.06. The van der Waals surface area contributed by atoms with E-state index in [2.05, 4.69) is 5.32 Å². The molecule has 0 unspecified atom stereocenters. The van der Waals surface area contributed by atoms with Crippen LogP contribution in [0.1, 0.15) is 54.9 Å². The van der Waals surface area contributed by atoms with Gasteiger partial charge in [0.05, 0.1) is 18.9 Å². The maximum Gasteiger partial charge on any atom is 0.391 e. The second-order valence-corrected chi connectivity index (χ2v) is 7.72. The minimum absolute atomic E-state index is 0.0712. The molecule has 0 saturated heterocycles. The summed E-state index contributed by atoms with van der Waals surface area (Å²) in [5.41, 5.74) is 2.51. The number of ether oxygens (including phenoxy) is 1. The summed E-state index contributed by atoms with van der Waals surface area (Å²) < 4.78 is 44.1. The van der Waals surface area contributed by atoms with Gasteiger partial charge >= 0.3 is 12.1 Å². The molecule has 156 valence electrons. The van der Waals surface area contributed by atoms with Gasteiger partial charge in [0, 0.05) is 0 Å². The van der Waals surface area contributed by atoms with Gasteiger partial charge in [0.15, 0.2) is 0 Å². The highest BCUT2D eigenvalue weighted by molar-refractivity contribution is 5.89. The van der Waals surface area contributed by atoms with E-state index in [0.717, 1.165) is 22.3 Å². The van der Waals surface area contributed by atoms with Crippen molar-refractivity contribution in [1.29, 1.82) is 0 Å². The lowest BCUT2D eigenvalue weighted by molar-refractivity contribution is -0.189. The fourth-order valence-electron chi connectivity index (χ4n) is 4.05. The van der Waals surface area contributed by atoms with E-state index in [1.165, 1.54) is 0 Å². The monoisotopic (exact) mass is 399 g/mol. The van der Waals surface area contributed by atoms with Crippen LogP contribution in [0, 0.1) is 26.7 Å². The normalized spacial score (nSPS) is 22.6. The van der Waals surface area contributed by atoms with Crippen LogP contribution in [0.15, 0.2) is 12.1 Å². The molecule has 1 amide bonds. The zero-order valence-corrected chi connectivity index (χ0v) is 16.8. The number of halogens is 3. The second kappa shape index (κ2) is 8.53. The van der Waals surface area contributed by atoms with Crippen LogP contribution in [0.25, 0.3) is 0 Å². The molecule has 0 aliphatic heterocycles. The van der Waals surface area contributed by atoms with Crippen molar-refractivity contribution in [2.24, 2.45) is 5.92 Å². The molecule has 0 heterocycles. The Balaban J connectivity index is 2.18. The summed E-state index contributed by atoms with van der Waals surface area (Å²) in [6, 6.07) is 3.95. The Labute approximate surface area is 163 Å². The van der Waals surface area contributed by atoms with Crippen molar-refractivity contribution in [3.63, 3.8) is 0 Å². The van der Waals surface area contributed by atoms with E-state index in [-0.39, 0.29) is 44.6 Å². The predicted molar refractivity (Wildman–Crippen MR) is 99.9 cm³/mol. The Morgan fingerprint density at radius 2 is 1.68 bits per heavy atom. The van der Waals surface area contributed by atoms with Gasteiger partial charge in [-0.05, 0) is 70.1 Å².